The molecule has 0 aliphatic rings. The van der Waals surface area contributed by atoms with Crippen molar-refractivity contribution in [1.29, 1.82) is 0 Å². The molecule has 0 aromatic heterocycles. The van der Waals surface area contributed by atoms with Crippen LogP contribution in [0.4, 0.5) is 0 Å². The number of nitrogens with one attached hydrogen (secondary N) is 1. The lowest BCUT2D eigenvalue weighted by Crippen LogP contribution is -2.50. The summed E-state index contributed by atoms with van der Waals surface area (Å²) in [5.41, 5.74) is 10.9. The van der Waals surface area contributed by atoms with E-state index in [2.05, 4.69) is 10.1 Å². The van der Waals surface area contributed by atoms with E-state index in [0.717, 1.165) is 13.3 Å². The molecule has 0 unspecified atom stereocenters. The van der Waals surface area contributed by atoms with E-state index in [4.69, 9.17) is 16.6 Å². The van der Waals surface area contributed by atoms with E-state index in [0.29, 0.717) is 19.4 Å². The van der Waals surface area contributed by atoms with Gasteiger partial charge < -0.3 is 26.6 Å². The molecular weight excluding hydrogens is 254 g/mol. The van der Waals surface area contributed by atoms with Crippen molar-refractivity contribution in [3.05, 3.63) is 0 Å². The highest BCUT2D eigenvalue weighted by Gasteiger charge is 2.24. The van der Waals surface area contributed by atoms with Gasteiger partial charge in [0.1, 0.15) is 6.61 Å². The van der Waals surface area contributed by atoms with Gasteiger partial charge in [-0.2, -0.15) is 0 Å². The van der Waals surface area contributed by atoms with Gasteiger partial charge in [-0.15, -0.1) is 0 Å². The minimum atomic E-state index is -1.29. The topological polar surface area (TPSA) is 145 Å². The number of carboxylic acids is 1. The van der Waals surface area contributed by atoms with Crippen molar-refractivity contribution in [2.45, 2.75) is 38.3 Å². The van der Waals surface area contributed by atoms with Crippen LogP contribution in [-0.4, -0.2) is 48.2 Å². The summed E-state index contributed by atoms with van der Waals surface area (Å²) in [6.07, 6.45) is 1.85. The highest BCUT2D eigenvalue weighted by molar-refractivity contribution is 5.86. The molecule has 1 amide bonds. The first-order chi connectivity index (χ1) is 8.88. The normalized spacial score (nSPS) is 13.4. The summed E-state index contributed by atoms with van der Waals surface area (Å²) < 4.78 is 4.55. The predicted molar refractivity (Wildman–Crippen MR) is 67.1 cm³/mol. The van der Waals surface area contributed by atoms with Gasteiger partial charge in [0.2, 0.25) is 5.91 Å². The Labute approximate surface area is 111 Å². The molecule has 0 saturated heterocycles. The Morgan fingerprint density at radius 3 is 2.42 bits per heavy atom. The molecule has 0 fully saturated rings. The second-order valence-electron chi connectivity index (χ2n) is 4.09. The highest BCUT2D eigenvalue weighted by atomic mass is 16.5. The number of carbonyl (C=O) groups excluding carboxylic acids is 2. The van der Waals surface area contributed by atoms with Crippen molar-refractivity contribution in [2.75, 3.05) is 13.2 Å². The number of carbonyl (C=O) groups is 3. The third kappa shape index (κ3) is 8.11. The summed E-state index contributed by atoms with van der Waals surface area (Å²) >= 11 is 0. The monoisotopic (exact) mass is 275 g/mol. The smallest absolute Gasteiger partial charge is 0.329 e. The summed E-state index contributed by atoms with van der Waals surface area (Å²) in [7, 11) is 0. The van der Waals surface area contributed by atoms with Gasteiger partial charge in [0.05, 0.1) is 6.04 Å². The molecule has 0 saturated carbocycles. The molecule has 0 heterocycles. The van der Waals surface area contributed by atoms with Crippen LogP contribution in [0.1, 0.15) is 26.2 Å². The zero-order valence-corrected chi connectivity index (χ0v) is 10.9. The first-order valence-corrected chi connectivity index (χ1v) is 6.00. The Morgan fingerprint density at radius 2 is 1.95 bits per heavy atom. The van der Waals surface area contributed by atoms with Crippen LogP contribution in [0.5, 0.6) is 0 Å². The van der Waals surface area contributed by atoms with Crippen LogP contribution in [0.3, 0.4) is 0 Å². The van der Waals surface area contributed by atoms with Gasteiger partial charge in [-0.3, -0.25) is 9.59 Å². The number of rotatable bonds is 9. The Bertz CT molecular complexity index is 321. The van der Waals surface area contributed by atoms with Crippen molar-refractivity contribution in [2.24, 2.45) is 11.5 Å². The van der Waals surface area contributed by atoms with Gasteiger partial charge in [0.25, 0.3) is 0 Å². The van der Waals surface area contributed by atoms with Crippen molar-refractivity contribution in [3.63, 3.8) is 0 Å². The predicted octanol–water partition coefficient (Wildman–Crippen LogP) is -1.42. The average Bonchev–Trinajstić information content (AvgIpc) is 2.33. The minimum absolute atomic E-state index is 0.420. The molecule has 0 rings (SSSR count). The number of amides is 1. The van der Waals surface area contributed by atoms with Crippen LogP contribution in [0, 0.1) is 0 Å². The van der Waals surface area contributed by atoms with Crippen LogP contribution in [-0.2, 0) is 19.1 Å². The van der Waals surface area contributed by atoms with E-state index in [1.165, 1.54) is 0 Å². The first-order valence-electron chi connectivity index (χ1n) is 6.00. The molecule has 0 aromatic rings. The van der Waals surface area contributed by atoms with E-state index in [9.17, 15) is 14.4 Å². The van der Waals surface area contributed by atoms with Gasteiger partial charge in [-0.1, -0.05) is 6.42 Å². The van der Waals surface area contributed by atoms with Gasteiger partial charge in [0, 0.05) is 6.92 Å². The Morgan fingerprint density at radius 1 is 1.32 bits per heavy atom. The number of carboxylic acid groups (broad SMARTS) is 1. The number of hydrogen-bond acceptors (Lipinski definition) is 6. The zero-order chi connectivity index (χ0) is 14.8. The van der Waals surface area contributed by atoms with E-state index < -0.39 is 36.5 Å². The third-order valence-corrected chi connectivity index (χ3v) is 2.37. The third-order valence-electron chi connectivity index (χ3n) is 2.37. The lowest BCUT2D eigenvalue weighted by Gasteiger charge is -2.17. The molecule has 0 aromatic carbocycles. The lowest BCUT2D eigenvalue weighted by molar-refractivity contribution is -0.149. The second kappa shape index (κ2) is 9.29. The Hall–Kier alpha value is -1.67. The van der Waals surface area contributed by atoms with Gasteiger partial charge in [-0.05, 0) is 19.4 Å². The summed E-state index contributed by atoms with van der Waals surface area (Å²) in [5.74, 6) is -2.49. The standard InChI is InChI=1S/C11H21N3O5/c1-7(15)19-6-9(11(17)18)14-10(16)8(13)4-2-3-5-12/h8-9H,2-6,12-13H2,1H3,(H,14,16)(H,17,18)/t8-,9-/m0/s1. The van der Waals surface area contributed by atoms with Crippen LogP contribution in [0.2, 0.25) is 0 Å². The molecule has 0 radical (unpaired) electrons. The van der Waals surface area contributed by atoms with Gasteiger partial charge >= 0.3 is 11.9 Å². The van der Waals surface area contributed by atoms with Gasteiger partial charge in [-0.25, -0.2) is 4.79 Å². The average molecular weight is 275 g/mol. The van der Waals surface area contributed by atoms with Crippen LogP contribution >= 0.6 is 0 Å². The maximum absolute atomic E-state index is 11.6. The number of ether oxygens (including phenoxy) is 1. The van der Waals surface area contributed by atoms with Crippen molar-refractivity contribution >= 4 is 17.8 Å². The van der Waals surface area contributed by atoms with E-state index >= 15 is 0 Å². The maximum Gasteiger partial charge on any atom is 0.329 e. The largest absolute Gasteiger partial charge is 0.480 e. The SMILES string of the molecule is CC(=O)OC[C@H](NC(=O)[C@@H](N)CCCCN)C(=O)O. The highest BCUT2D eigenvalue weighted by Crippen LogP contribution is 1.99. The second-order valence-corrected chi connectivity index (χ2v) is 4.09. The number of unbranched alkanes of at least 4 members (excludes halogenated alkanes) is 1. The lowest BCUT2D eigenvalue weighted by atomic mass is 10.1. The van der Waals surface area contributed by atoms with Crippen LogP contribution < -0.4 is 16.8 Å². The fraction of sp³-hybridized carbons (Fsp3) is 0.727. The minimum Gasteiger partial charge on any atom is -0.480 e. The first kappa shape index (κ1) is 17.3. The fourth-order valence-corrected chi connectivity index (χ4v) is 1.29. The Kier molecular flexibility index (Phi) is 8.47. The summed E-state index contributed by atoms with van der Waals surface area (Å²) in [5, 5.41) is 11.1. The molecule has 6 N–H and O–H groups in total. The maximum atomic E-state index is 11.6. The number of esters is 1. The molecule has 0 aliphatic heterocycles. The molecule has 0 spiro atoms. The molecule has 8 heteroatoms. The molecule has 0 bridgehead atoms. The van der Waals surface area contributed by atoms with E-state index in [1.54, 1.807) is 0 Å². The molecular formula is C11H21N3O5. The number of nitrogens with two attached hydrogens (primary N) is 2. The van der Waals surface area contributed by atoms with Crippen LogP contribution in [0.25, 0.3) is 0 Å². The molecule has 2 atom stereocenters. The summed E-state index contributed by atoms with van der Waals surface area (Å²) in [6, 6.07) is -2.09. The Balaban J connectivity index is 4.22. The van der Waals surface area contributed by atoms with Crippen molar-refractivity contribution in [3.8, 4) is 0 Å². The number of aliphatic carboxylic acids is 1. The zero-order valence-electron chi connectivity index (χ0n) is 10.9. The molecule has 110 valence electrons. The molecule has 19 heavy (non-hydrogen) atoms. The quantitative estimate of drug-likeness (QED) is 0.298. The summed E-state index contributed by atoms with van der Waals surface area (Å²) in [6.45, 7) is 1.24. The van der Waals surface area contributed by atoms with Gasteiger partial charge in [0.15, 0.2) is 6.04 Å². The van der Waals surface area contributed by atoms with E-state index in [1.807, 2.05) is 0 Å². The van der Waals surface area contributed by atoms with Crippen molar-refractivity contribution < 1.29 is 24.2 Å². The number of hydrogen-bond donors (Lipinski definition) is 4. The molecule has 0 aliphatic carbocycles. The molecule has 8 nitrogen and oxygen atoms in total. The summed E-state index contributed by atoms with van der Waals surface area (Å²) in [4.78, 5) is 33.1. The van der Waals surface area contributed by atoms with E-state index in [-0.39, 0.29) is 0 Å². The van der Waals surface area contributed by atoms with Crippen LogP contribution in [0.15, 0.2) is 0 Å². The fourth-order valence-electron chi connectivity index (χ4n) is 1.29. The van der Waals surface area contributed by atoms with Crippen molar-refractivity contribution in [1.82, 2.24) is 5.32 Å².